The largest absolute Gasteiger partial charge is 0.345 e. The zero-order valence-corrected chi connectivity index (χ0v) is 7.10. The Morgan fingerprint density at radius 3 is 3.00 bits per heavy atom. The summed E-state index contributed by atoms with van der Waals surface area (Å²) in [5, 5.41) is 0.725. The molecule has 54 valence electrons. The molecule has 0 fully saturated rings. The van der Waals surface area contributed by atoms with Gasteiger partial charge in [-0.1, -0.05) is 15.9 Å². The van der Waals surface area contributed by atoms with Crippen LogP contribution >= 0.6 is 15.9 Å². The number of rotatable bonds is 1. The minimum atomic E-state index is -0.290. The van der Waals surface area contributed by atoms with Gasteiger partial charge in [0.25, 0.3) is 0 Å². The van der Waals surface area contributed by atoms with E-state index in [0.29, 0.717) is 0 Å². The zero-order chi connectivity index (χ0) is 7.56. The van der Waals surface area contributed by atoms with E-state index in [0.717, 1.165) is 16.6 Å². The third-order valence-corrected chi connectivity index (χ3v) is 1.86. The fourth-order valence-electron chi connectivity index (χ4n) is 0.641. The molecule has 0 aliphatic carbocycles. The molecule has 1 N–H and O–H groups in total. The van der Waals surface area contributed by atoms with Crippen LogP contribution in [-0.4, -0.2) is 9.97 Å². The van der Waals surface area contributed by atoms with E-state index >= 15 is 0 Å². The average molecular weight is 203 g/mol. The van der Waals surface area contributed by atoms with Crippen molar-refractivity contribution < 1.29 is 0 Å². The van der Waals surface area contributed by atoms with Crippen molar-refractivity contribution in [3.05, 3.63) is 27.9 Å². The molecular weight excluding hydrogens is 196 g/mol. The smallest absolute Gasteiger partial charge is 0.310 e. The van der Waals surface area contributed by atoms with Crippen LogP contribution in [0.5, 0.6) is 0 Å². The number of alkyl halides is 1. The number of aromatic amines is 1. The second-order valence-electron chi connectivity index (χ2n) is 1.97. The summed E-state index contributed by atoms with van der Waals surface area (Å²) in [5.41, 5.74) is 1.60. The fraction of sp³-hybridized carbons (Fsp3) is 0.333. The Bertz CT molecular complexity index is 281. The molecular formula is C6H7BrN2O. The van der Waals surface area contributed by atoms with Gasteiger partial charge in [-0.3, -0.25) is 0 Å². The van der Waals surface area contributed by atoms with Crippen molar-refractivity contribution >= 4 is 15.9 Å². The van der Waals surface area contributed by atoms with Crippen LogP contribution in [-0.2, 0) is 5.33 Å². The highest BCUT2D eigenvalue weighted by Gasteiger charge is 1.95. The molecule has 0 aliphatic heterocycles. The molecule has 0 atom stereocenters. The van der Waals surface area contributed by atoms with Crippen LogP contribution in [0.3, 0.4) is 0 Å². The lowest BCUT2D eigenvalue weighted by Gasteiger charge is -1.96. The first-order valence-corrected chi connectivity index (χ1v) is 3.97. The topological polar surface area (TPSA) is 45.8 Å². The molecule has 0 saturated carbocycles. The first-order valence-electron chi connectivity index (χ1n) is 2.85. The molecule has 3 nitrogen and oxygen atoms in total. The Balaban J connectivity index is 3.19. The van der Waals surface area contributed by atoms with Gasteiger partial charge in [-0.25, -0.2) is 9.78 Å². The van der Waals surface area contributed by atoms with Gasteiger partial charge in [-0.15, -0.1) is 0 Å². The number of nitrogens with zero attached hydrogens (tertiary/aromatic N) is 1. The zero-order valence-electron chi connectivity index (χ0n) is 5.52. The molecule has 0 aromatic carbocycles. The van der Waals surface area contributed by atoms with Crippen LogP contribution in [0.2, 0.25) is 0 Å². The van der Waals surface area contributed by atoms with Gasteiger partial charge in [0, 0.05) is 22.8 Å². The lowest BCUT2D eigenvalue weighted by molar-refractivity contribution is 0.994. The predicted octanol–water partition coefficient (Wildman–Crippen LogP) is 0.973. The van der Waals surface area contributed by atoms with Crippen LogP contribution in [0.15, 0.2) is 11.0 Å². The second kappa shape index (κ2) is 2.96. The van der Waals surface area contributed by atoms with Gasteiger partial charge in [-0.2, -0.15) is 0 Å². The molecule has 1 aromatic heterocycles. The van der Waals surface area contributed by atoms with Gasteiger partial charge in [0.05, 0.1) is 0 Å². The summed E-state index contributed by atoms with van der Waals surface area (Å²) in [6.45, 7) is 1.85. The Labute approximate surface area is 66.6 Å². The molecule has 1 aromatic rings. The van der Waals surface area contributed by atoms with Crippen molar-refractivity contribution in [2.45, 2.75) is 12.3 Å². The first kappa shape index (κ1) is 7.47. The second-order valence-corrected chi connectivity index (χ2v) is 2.53. The fourth-order valence-corrected chi connectivity index (χ4v) is 1.21. The Kier molecular flexibility index (Phi) is 2.21. The molecule has 0 radical (unpaired) electrons. The standard InChI is InChI=1S/C6H7BrN2O/c1-4-5(2-7)3-8-6(10)9-4/h3H,2H2,1H3,(H,8,9,10). The summed E-state index contributed by atoms with van der Waals surface area (Å²) in [4.78, 5) is 16.7. The monoisotopic (exact) mass is 202 g/mol. The molecule has 0 aliphatic rings. The molecule has 0 unspecified atom stereocenters. The highest BCUT2D eigenvalue weighted by Crippen LogP contribution is 2.04. The maximum atomic E-state index is 10.6. The summed E-state index contributed by atoms with van der Waals surface area (Å²) < 4.78 is 0. The van der Waals surface area contributed by atoms with E-state index in [1.807, 2.05) is 6.92 Å². The van der Waals surface area contributed by atoms with Crippen LogP contribution in [0.1, 0.15) is 11.3 Å². The summed E-state index contributed by atoms with van der Waals surface area (Å²) >= 11 is 3.27. The van der Waals surface area contributed by atoms with Crippen LogP contribution < -0.4 is 5.69 Å². The maximum absolute atomic E-state index is 10.6. The van der Waals surface area contributed by atoms with Gasteiger partial charge in [0.1, 0.15) is 0 Å². The summed E-state index contributed by atoms with van der Waals surface area (Å²) in [7, 11) is 0. The SMILES string of the molecule is Cc1[nH]c(=O)ncc1CBr. The molecule has 1 rings (SSSR count). The van der Waals surface area contributed by atoms with E-state index in [2.05, 4.69) is 25.9 Å². The van der Waals surface area contributed by atoms with Crippen LogP contribution in [0.25, 0.3) is 0 Å². The third kappa shape index (κ3) is 1.44. The Morgan fingerprint density at radius 2 is 2.50 bits per heavy atom. The van der Waals surface area contributed by atoms with Gasteiger partial charge >= 0.3 is 5.69 Å². The maximum Gasteiger partial charge on any atom is 0.345 e. The normalized spacial score (nSPS) is 9.80. The predicted molar refractivity (Wildman–Crippen MR) is 42.2 cm³/mol. The van der Waals surface area contributed by atoms with Crippen molar-refractivity contribution in [1.82, 2.24) is 9.97 Å². The van der Waals surface area contributed by atoms with Gasteiger partial charge in [0.2, 0.25) is 0 Å². The molecule has 0 saturated heterocycles. The summed E-state index contributed by atoms with van der Waals surface area (Å²) in [6, 6.07) is 0. The lowest BCUT2D eigenvalue weighted by Crippen LogP contribution is -2.11. The Morgan fingerprint density at radius 1 is 1.80 bits per heavy atom. The van der Waals surface area contributed by atoms with E-state index < -0.39 is 0 Å². The first-order chi connectivity index (χ1) is 4.74. The van der Waals surface area contributed by atoms with Crippen molar-refractivity contribution in [2.75, 3.05) is 0 Å². The number of hydrogen-bond donors (Lipinski definition) is 1. The number of H-pyrrole nitrogens is 1. The number of halogens is 1. The summed E-state index contributed by atoms with van der Waals surface area (Å²) in [6.07, 6.45) is 1.57. The number of aryl methyl sites for hydroxylation is 1. The van der Waals surface area contributed by atoms with Crippen molar-refractivity contribution in [3.8, 4) is 0 Å². The van der Waals surface area contributed by atoms with Crippen molar-refractivity contribution in [2.24, 2.45) is 0 Å². The molecule has 0 spiro atoms. The van der Waals surface area contributed by atoms with E-state index in [-0.39, 0.29) is 5.69 Å². The molecule has 1 heterocycles. The van der Waals surface area contributed by atoms with Gasteiger partial charge in [-0.05, 0) is 6.92 Å². The minimum Gasteiger partial charge on any atom is -0.310 e. The van der Waals surface area contributed by atoms with E-state index in [1.165, 1.54) is 0 Å². The van der Waals surface area contributed by atoms with E-state index in [4.69, 9.17) is 0 Å². The quantitative estimate of drug-likeness (QED) is 0.691. The summed E-state index contributed by atoms with van der Waals surface area (Å²) in [5.74, 6) is 0. The number of aromatic nitrogens is 2. The molecule has 4 heteroatoms. The molecule has 10 heavy (non-hydrogen) atoms. The van der Waals surface area contributed by atoms with Gasteiger partial charge in [0.15, 0.2) is 0 Å². The third-order valence-electron chi connectivity index (χ3n) is 1.26. The number of nitrogens with one attached hydrogen (secondary N) is 1. The molecule has 0 amide bonds. The van der Waals surface area contributed by atoms with Crippen LogP contribution in [0, 0.1) is 6.92 Å². The van der Waals surface area contributed by atoms with E-state index in [1.54, 1.807) is 6.20 Å². The minimum absolute atomic E-state index is 0.290. The molecule has 0 bridgehead atoms. The van der Waals surface area contributed by atoms with Crippen molar-refractivity contribution in [1.29, 1.82) is 0 Å². The highest BCUT2D eigenvalue weighted by molar-refractivity contribution is 9.08. The number of hydrogen-bond acceptors (Lipinski definition) is 2. The Hall–Kier alpha value is -0.640. The van der Waals surface area contributed by atoms with Crippen molar-refractivity contribution in [3.63, 3.8) is 0 Å². The lowest BCUT2D eigenvalue weighted by atomic mass is 10.3. The van der Waals surface area contributed by atoms with E-state index in [9.17, 15) is 4.79 Å². The highest BCUT2D eigenvalue weighted by atomic mass is 79.9. The average Bonchev–Trinajstić information content (AvgIpc) is 1.88. The van der Waals surface area contributed by atoms with Gasteiger partial charge < -0.3 is 4.98 Å². The van der Waals surface area contributed by atoms with Crippen LogP contribution in [0.4, 0.5) is 0 Å².